The Labute approximate surface area is 204 Å². The lowest BCUT2D eigenvalue weighted by Crippen LogP contribution is -2.23. The number of ether oxygens (including phenoxy) is 1. The molecule has 7 nitrogen and oxygen atoms in total. The summed E-state index contributed by atoms with van der Waals surface area (Å²) in [6.45, 7) is 5.32. The largest absolute Gasteiger partial charge is 0.376 e. The van der Waals surface area contributed by atoms with Gasteiger partial charge in [0.25, 0.3) is 0 Å². The predicted molar refractivity (Wildman–Crippen MR) is 134 cm³/mol. The van der Waals surface area contributed by atoms with E-state index < -0.39 is 0 Å². The standard InChI is InChI=1S/C26H30N6OS/c1-19-6-3-4-7-21(19)18-34-26-30-29-25(32(26)16-22-8-5-13-33-22)17-31(2)15-20-9-10-23-24(14-20)28-12-11-27-23/h3-4,6-7,9-12,14,22H,5,8,13,15-18H2,1-2H3/t22-/m0/s1. The molecule has 8 heteroatoms. The molecule has 0 N–H and O–H groups in total. The Kier molecular flexibility index (Phi) is 7.18. The van der Waals surface area contributed by atoms with Gasteiger partial charge in [-0.1, -0.05) is 42.1 Å². The van der Waals surface area contributed by atoms with Gasteiger partial charge in [-0.2, -0.15) is 0 Å². The Morgan fingerprint density at radius 3 is 2.74 bits per heavy atom. The molecule has 2 aromatic heterocycles. The minimum Gasteiger partial charge on any atom is -0.376 e. The van der Waals surface area contributed by atoms with Crippen LogP contribution in [0.25, 0.3) is 11.0 Å². The van der Waals surface area contributed by atoms with Crippen molar-refractivity contribution < 1.29 is 4.74 Å². The fourth-order valence-corrected chi connectivity index (χ4v) is 5.39. The molecule has 0 aliphatic carbocycles. The molecule has 34 heavy (non-hydrogen) atoms. The highest BCUT2D eigenvalue weighted by molar-refractivity contribution is 7.98. The average molecular weight is 475 g/mol. The molecule has 1 fully saturated rings. The zero-order valence-corrected chi connectivity index (χ0v) is 20.5. The van der Waals surface area contributed by atoms with Gasteiger partial charge in [0.15, 0.2) is 5.16 Å². The van der Waals surface area contributed by atoms with Gasteiger partial charge in [-0.05, 0) is 55.6 Å². The van der Waals surface area contributed by atoms with Crippen LogP contribution >= 0.6 is 11.8 Å². The molecule has 0 saturated carbocycles. The highest BCUT2D eigenvalue weighted by Crippen LogP contribution is 2.26. The molecular weight excluding hydrogens is 444 g/mol. The van der Waals surface area contributed by atoms with E-state index in [2.05, 4.69) is 80.0 Å². The van der Waals surface area contributed by atoms with E-state index in [-0.39, 0.29) is 6.10 Å². The highest BCUT2D eigenvalue weighted by Gasteiger charge is 2.22. The molecule has 176 valence electrons. The number of hydrogen-bond acceptors (Lipinski definition) is 7. The Balaban J connectivity index is 1.31. The minimum absolute atomic E-state index is 0.233. The first-order valence-corrected chi connectivity index (χ1v) is 12.7. The van der Waals surface area contributed by atoms with Gasteiger partial charge in [-0.15, -0.1) is 10.2 Å². The van der Waals surface area contributed by atoms with Crippen molar-refractivity contribution >= 4 is 22.8 Å². The molecule has 2 aromatic carbocycles. The Hall–Kier alpha value is -2.81. The van der Waals surface area contributed by atoms with Crippen LogP contribution < -0.4 is 0 Å². The number of hydrogen-bond donors (Lipinski definition) is 0. The summed E-state index contributed by atoms with van der Waals surface area (Å²) in [4.78, 5) is 11.1. The molecule has 5 rings (SSSR count). The maximum atomic E-state index is 5.95. The molecule has 0 radical (unpaired) electrons. The third-order valence-electron chi connectivity index (χ3n) is 6.22. The first-order chi connectivity index (χ1) is 16.7. The van der Waals surface area contributed by atoms with E-state index in [1.165, 1.54) is 16.7 Å². The second-order valence-corrected chi connectivity index (χ2v) is 9.85. The normalized spacial score (nSPS) is 16.0. The average Bonchev–Trinajstić information content (AvgIpc) is 3.49. The maximum absolute atomic E-state index is 5.95. The molecule has 1 atom stereocenters. The number of thioether (sulfide) groups is 1. The molecule has 1 aliphatic rings. The predicted octanol–water partition coefficient (Wildman–Crippen LogP) is 4.63. The maximum Gasteiger partial charge on any atom is 0.191 e. The van der Waals surface area contributed by atoms with Gasteiger partial charge in [-0.3, -0.25) is 14.9 Å². The van der Waals surface area contributed by atoms with E-state index in [0.717, 1.165) is 60.3 Å². The first kappa shape index (κ1) is 23.0. The van der Waals surface area contributed by atoms with Gasteiger partial charge < -0.3 is 9.30 Å². The Morgan fingerprint density at radius 2 is 1.91 bits per heavy atom. The van der Waals surface area contributed by atoms with Gasteiger partial charge in [0.05, 0.1) is 30.2 Å². The van der Waals surface area contributed by atoms with Crippen LogP contribution in [0.3, 0.4) is 0 Å². The van der Waals surface area contributed by atoms with E-state index in [1.807, 2.05) is 6.07 Å². The zero-order valence-electron chi connectivity index (χ0n) is 19.7. The molecule has 3 heterocycles. The van der Waals surface area contributed by atoms with Crippen molar-refractivity contribution in [1.29, 1.82) is 0 Å². The van der Waals surface area contributed by atoms with Crippen LogP contribution in [0.2, 0.25) is 0 Å². The SMILES string of the molecule is Cc1ccccc1CSc1nnc(CN(C)Cc2ccc3nccnc3c2)n1C[C@@H]1CCCO1. The lowest BCUT2D eigenvalue weighted by molar-refractivity contribution is 0.0934. The molecule has 0 bridgehead atoms. The number of nitrogens with zero attached hydrogens (tertiary/aromatic N) is 6. The lowest BCUT2D eigenvalue weighted by Gasteiger charge is -2.19. The summed E-state index contributed by atoms with van der Waals surface area (Å²) < 4.78 is 8.21. The monoisotopic (exact) mass is 474 g/mol. The summed E-state index contributed by atoms with van der Waals surface area (Å²) in [5.41, 5.74) is 5.68. The third-order valence-corrected chi connectivity index (χ3v) is 7.23. The van der Waals surface area contributed by atoms with Crippen LogP contribution in [-0.4, -0.2) is 49.4 Å². The van der Waals surface area contributed by atoms with Gasteiger partial charge in [0.1, 0.15) is 5.82 Å². The molecule has 4 aromatic rings. The van der Waals surface area contributed by atoms with Gasteiger partial charge in [0.2, 0.25) is 0 Å². The van der Waals surface area contributed by atoms with Crippen LogP contribution in [-0.2, 0) is 30.1 Å². The quantitative estimate of drug-likeness (QED) is 0.328. The van der Waals surface area contributed by atoms with Crippen molar-refractivity contribution in [2.45, 2.75) is 56.4 Å². The number of fused-ring (bicyclic) bond motifs is 1. The molecule has 0 unspecified atom stereocenters. The van der Waals surface area contributed by atoms with Crippen molar-refractivity contribution in [3.63, 3.8) is 0 Å². The summed E-state index contributed by atoms with van der Waals surface area (Å²) >= 11 is 1.75. The van der Waals surface area contributed by atoms with Gasteiger partial charge >= 0.3 is 0 Å². The number of aromatic nitrogens is 5. The summed E-state index contributed by atoms with van der Waals surface area (Å²) in [6, 6.07) is 14.8. The van der Waals surface area contributed by atoms with Gasteiger partial charge in [0, 0.05) is 31.3 Å². The van der Waals surface area contributed by atoms with Crippen LogP contribution in [0.1, 0.15) is 35.4 Å². The summed E-state index contributed by atoms with van der Waals surface area (Å²) in [5, 5.41) is 10.1. The van der Waals surface area contributed by atoms with E-state index in [9.17, 15) is 0 Å². The highest BCUT2D eigenvalue weighted by atomic mass is 32.2. The van der Waals surface area contributed by atoms with Crippen LogP contribution in [0.5, 0.6) is 0 Å². The van der Waals surface area contributed by atoms with E-state index >= 15 is 0 Å². The summed E-state index contributed by atoms with van der Waals surface area (Å²) in [5.74, 6) is 1.86. The third kappa shape index (κ3) is 5.46. The molecular formula is C26H30N6OS. The lowest BCUT2D eigenvalue weighted by atomic mass is 10.1. The van der Waals surface area contributed by atoms with E-state index in [0.29, 0.717) is 6.54 Å². The fourth-order valence-electron chi connectivity index (χ4n) is 4.35. The van der Waals surface area contributed by atoms with Crippen LogP contribution in [0.4, 0.5) is 0 Å². The number of benzene rings is 2. The summed E-state index contributed by atoms with van der Waals surface area (Å²) in [6.07, 6.45) is 5.91. The summed E-state index contributed by atoms with van der Waals surface area (Å²) in [7, 11) is 2.12. The molecule has 0 spiro atoms. The molecule has 1 saturated heterocycles. The molecule has 0 amide bonds. The second kappa shape index (κ2) is 10.6. The van der Waals surface area contributed by atoms with Crippen molar-refractivity contribution in [2.24, 2.45) is 0 Å². The molecule has 1 aliphatic heterocycles. The van der Waals surface area contributed by atoms with Gasteiger partial charge in [-0.25, -0.2) is 0 Å². The number of rotatable bonds is 9. The van der Waals surface area contributed by atoms with Crippen molar-refractivity contribution in [2.75, 3.05) is 13.7 Å². The van der Waals surface area contributed by atoms with Crippen molar-refractivity contribution in [1.82, 2.24) is 29.6 Å². The first-order valence-electron chi connectivity index (χ1n) is 11.7. The Bertz CT molecular complexity index is 1250. The van der Waals surface area contributed by atoms with Crippen LogP contribution in [0, 0.1) is 6.92 Å². The smallest absolute Gasteiger partial charge is 0.191 e. The fraction of sp³-hybridized carbons (Fsp3) is 0.385. The number of aryl methyl sites for hydroxylation is 1. The van der Waals surface area contributed by atoms with Crippen molar-refractivity contribution in [3.8, 4) is 0 Å². The van der Waals surface area contributed by atoms with Crippen molar-refractivity contribution in [3.05, 3.63) is 77.4 Å². The minimum atomic E-state index is 0.233. The second-order valence-electron chi connectivity index (χ2n) is 8.91. The van der Waals surface area contributed by atoms with E-state index in [4.69, 9.17) is 4.74 Å². The van der Waals surface area contributed by atoms with Crippen LogP contribution in [0.15, 0.2) is 60.0 Å². The Morgan fingerprint density at radius 1 is 1.06 bits per heavy atom. The zero-order chi connectivity index (χ0) is 23.3. The topological polar surface area (TPSA) is 69.0 Å². The van der Waals surface area contributed by atoms with E-state index in [1.54, 1.807) is 24.2 Å².